The molecule has 0 atom stereocenters. The Morgan fingerprint density at radius 3 is 2.24 bits per heavy atom. The lowest BCUT2D eigenvalue weighted by atomic mass is 9.97. The molecule has 0 aliphatic carbocycles. The average molecular weight is 355 g/mol. The van der Waals surface area contributed by atoms with Crippen LogP contribution in [0, 0.1) is 5.92 Å². The number of amides is 2. The summed E-state index contributed by atoms with van der Waals surface area (Å²) in [5.74, 6) is 0.211. The Morgan fingerprint density at radius 1 is 0.880 bits per heavy atom. The zero-order valence-electron chi connectivity index (χ0n) is 14.0. The number of anilines is 1. The minimum Gasteiger partial charge on any atom is -0.368 e. The van der Waals surface area contributed by atoms with Crippen LogP contribution in [0.2, 0.25) is 0 Å². The highest BCUT2D eigenvalue weighted by molar-refractivity contribution is 7.12. The molecule has 2 saturated heterocycles. The van der Waals surface area contributed by atoms with Crippen molar-refractivity contribution < 1.29 is 9.59 Å². The summed E-state index contributed by atoms with van der Waals surface area (Å²) in [6.07, 6.45) is 0. The molecule has 2 amide bonds. The lowest BCUT2D eigenvalue weighted by molar-refractivity contribution is -0.140. The van der Waals surface area contributed by atoms with Gasteiger partial charge >= 0.3 is 0 Å². The Bertz CT molecular complexity index is 733. The first-order valence-corrected chi connectivity index (χ1v) is 9.52. The van der Waals surface area contributed by atoms with Gasteiger partial charge in [-0.05, 0) is 23.6 Å². The van der Waals surface area contributed by atoms with E-state index in [4.69, 9.17) is 0 Å². The molecule has 2 fully saturated rings. The normalized spacial score (nSPS) is 18.2. The van der Waals surface area contributed by atoms with E-state index in [2.05, 4.69) is 17.0 Å². The maximum Gasteiger partial charge on any atom is 0.263 e. The van der Waals surface area contributed by atoms with E-state index in [0.29, 0.717) is 13.1 Å². The molecule has 1 aromatic heterocycles. The number of hydrogen-bond acceptors (Lipinski definition) is 4. The van der Waals surface area contributed by atoms with Gasteiger partial charge in [0.1, 0.15) is 0 Å². The van der Waals surface area contributed by atoms with Gasteiger partial charge in [-0.3, -0.25) is 9.59 Å². The molecule has 0 unspecified atom stereocenters. The molecule has 25 heavy (non-hydrogen) atoms. The van der Waals surface area contributed by atoms with E-state index >= 15 is 0 Å². The molecule has 0 saturated carbocycles. The van der Waals surface area contributed by atoms with Crippen LogP contribution in [0.4, 0.5) is 5.69 Å². The number of piperazine rings is 1. The lowest BCUT2D eigenvalue weighted by Crippen LogP contribution is -2.59. The Labute approximate surface area is 151 Å². The van der Waals surface area contributed by atoms with Crippen LogP contribution in [0.25, 0.3) is 0 Å². The number of nitrogens with zero attached hydrogens (tertiary/aromatic N) is 3. The van der Waals surface area contributed by atoms with Crippen molar-refractivity contribution in [2.45, 2.75) is 0 Å². The van der Waals surface area contributed by atoms with Crippen molar-refractivity contribution in [1.82, 2.24) is 9.80 Å². The molecule has 0 N–H and O–H groups in total. The second-order valence-electron chi connectivity index (χ2n) is 6.53. The number of hydrogen-bond donors (Lipinski definition) is 0. The molecule has 4 rings (SSSR count). The van der Waals surface area contributed by atoms with Crippen molar-refractivity contribution in [1.29, 1.82) is 0 Å². The lowest BCUT2D eigenvalue weighted by Gasteiger charge is -2.43. The summed E-state index contributed by atoms with van der Waals surface area (Å²) in [6.45, 7) is 4.33. The van der Waals surface area contributed by atoms with Crippen LogP contribution in [-0.2, 0) is 4.79 Å². The predicted molar refractivity (Wildman–Crippen MR) is 98.9 cm³/mol. The molecule has 0 radical (unpaired) electrons. The van der Waals surface area contributed by atoms with Gasteiger partial charge in [-0.2, -0.15) is 0 Å². The van der Waals surface area contributed by atoms with E-state index in [-0.39, 0.29) is 17.7 Å². The summed E-state index contributed by atoms with van der Waals surface area (Å²) in [5.41, 5.74) is 1.21. The Hall–Kier alpha value is -2.34. The first-order chi connectivity index (χ1) is 12.2. The van der Waals surface area contributed by atoms with Gasteiger partial charge < -0.3 is 14.7 Å². The molecule has 130 valence electrons. The number of thiophene rings is 1. The largest absolute Gasteiger partial charge is 0.368 e. The van der Waals surface area contributed by atoms with Crippen molar-refractivity contribution in [3.63, 3.8) is 0 Å². The van der Waals surface area contributed by atoms with Crippen molar-refractivity contribution in [2.24, 2.45) is 5.92 Å². The van der Waals surface area contributed by atoms with Crippen LogP contribution in [0.15, 0.2) is 47.8 Å². The summed E-state index contributed by atoms with van der Waals surface area (Å²) < 4.78 is 0. The van der Waals surface area contributed by atoms with Gasteiger partial charge in [-0.15, -0.1) is 11.3 Å². The van der Waals surface area contributed by atoms with E-state index < -0.39 is 0 Å². The van der Waals surface area contributed by atoms with Crippen molar-refractivity contribution in [3.8, 4) is 0 Å². The quantitative estimate of drug-likeness (QED) is 0.848. The van der Waals surface area contributed by atoms with Gasteiger partial charge in [0.15, 0.2) is 0 Å². The van der Waals surface area contributed by atoms with Crippen LogP contribution in [-0.4, -0.2) is 60.9 Å². The number of carbonyl (C=O) groups is 2. The van der Waals surface area contributed by atoms with Crippen LogP contribution in [0.3, 0.4) is 0 Å². The first kappa shape index (κ1) is 16.1. The number of rotatable bonds is 3. The highest BCUT2D eigenvalue weighted by atomic mass is 32.1. The zero-order chi connectivity index (χ0) is 17.2. The topological polar surface area (TPSA) is 43.9 Å². The third-order valence-corrected chi connectivity index (χ3v) is 5.82. The fraction of sp³-hybridized carbons (Fsp3) is 0.368. The fourth-order valence-corrected chi connectivity index (χ4v) is 4.13. The molecule has 6 heteroatoms. The van der Waals surface area contributed by atoms with Crippen LogP contribution >= 0.6 is 11.3 Å². The molecule has 5 nitrogen and oxygen atoms in total. The minimum absolute atomic E-state index is 0.0350. The highest BCUT2D eigenvalue weighted by Gasteiger charge is 2.39. The summed E-state index contributed by atoms with van der Waals surface area (Å²) in [5, 5.41) is 1.90. The first-order valence-electron chi connectivity index (χ1n) is 8.64. The van der Waals surface area contributed by atoms with Crippen molar-refractivity contribution in [2.75, 3.05) is 44.2 Å². The third-order valence-electron chi connectivity index (χ3n) is 4.96. The van der Waals surface area contributed by atoms with Gasteiger partial charge in [0.2, 0.25) is 5.91 Å². The Morgan fingerprint density at radius 2 is 1.60 bits per heavy atom. The summed E-state index contributed by atoms with van der Waals surface area (Å²) in [6, 6.07) is 14.0. The van der Waals surface area contributed by atoms with Crippen LogP contribution < -0.4 is 4.90 Å². The summed E-state index contributed by atoms with van der Waals surface area (Å²) >= 11 is 1.45. The van der Waals surface area contributed by atoms with E-state index in [1.807, 2.05) is 40.6 Å². The number of likely N-dealkylation sites (tertiary alicyclic amines) is 1. The zero-order valence-corrected chi connectivity index (χ0v) is 14.8. The molecular formula is C19H21N3O2S. The van der Waals surface area contributed by atoms with E-state index in [1.54, 1.807) is 4.90 Å². The molecule has 2 aromatic rings. The van der Waals surface area contributed by atoms with Gasteiger partial charge in [0, 0.05) is 45.0 Å². The summed E-state index contributed by atoms with van der Waals surface area (Å²) in [4.78, 5) is 31.7. The summed E-state index contributed by atoms with van der Waals surface area (Å²) in [7, 11) is 0. The van der Waals surface area contributed by atoms with Crippen LogP contribution in [0.5, 0.6) is 0 Å². The maximum atomic E-state index is 12.7. The van der Waals surface area contributed by atoms with E-state index in [0.717, 1.165) is 31.1 Å². The monoisotopic (exact) mass is 355 g/mol. The van der Waals surface area contributed by atoms with Crippen molar-refractivity contribution in [3.05, 3.63) is 52.7 Å². The average Bonchev–Trinajstić information content (AvgIpc) is 3.16. The van der Waals surface area contributed by atoms with Gasteiger partial charge in [0.05, 0.1) is 10.8 Å². The molecule has 2 aliphatic heterocycles. The second kappa shape index (κ2) is 6.88. The SMILES string of the molecule is O=C(c1cccs1)N1CC(C(=O)N2CCN(c3ccccc3)CC2)C1. The Balaban J connectivity index is 1.27. The number of carbonyl (C=O) groups excluding carboxylic acids is 2. The number of para-hydroxylation sites is 1. The molecule has 3 heterocycles. The van der Waals surface area contributed by atoms with E-state index in [1.165, 1.54) is 17.0 Å². The molecular weight excluding hydrogens is 334 g/mol. The molecule has 0 spiro atoms. The second-order valence-corrected chi connectivity index (χ2v) is 7.48. The van der Waals surface area contributed by atoms with Gasteiger partial charge in [-0.25, -0.2) is 0 Å². The fourth-order valence-electron chi connectivity index (χ4n) is 3.44. The molecule has 0 bridgehead atoms. The van der Waals surface area contributed by atoms with Crippen molar-refractivity contribution >= 4 is 28.8 Å². The standard InChI is InChI=1S/C19H21N3O2S/c23-18(15-13-22(14-15)19(24)17-7-4-12-25-17)21-10-8-20(9-11-21)16-5-2-1-3-6-16/h1-7,12,15H,8-11,13-14H2. The third kappa shape index (κ3) is 3.26. The highest BCUT2D eigenvalue weighted by Crippen LogP contribution is 2.24. The van der Waals surface area contributed by atoms with Gasteiger partial charge in [0.25, 0.3) is 5.91 Å². The molecule has 1 aromatic carbocycles. The smallest absolute Gasteiger partial charge is 0.263 e. The number of benzene rings is 1. The van der Waals surface area contributed by atoms with Crippen LogP contribution in [0.1, 0.15) is 9.67 Å². The predicted octanol–water partition coefficient (Wildman–Crippen LogP) is 2.17. The Kier molecular flexibility index (Phi) is 4.44. The minimum atomic E-state index is -0.0350. The van der Waals surface area contributed by atoms with E-state index in [9.17, 15) is 9.59 Å². The van der Waals surface area contributed by atoms with Gasteiger partial charge in [-0.1, -0.05) is 24.3 Å². The maximum absolute atomic E-state index is 12.7. The molecule has 2 aliphatic rings.